The van der Waals surface area contributed by atoms with Gasteiger partial charge < -0.3 is 19.5 Å². The Balaban J connectivity index is 2.00. The maximum atomic E-state index is 12.1. The van der Waals surface area contributed by atoms with Crippen molar-refractivity contribution in [3.8, 4) is 11.5 Å². The maximum absolute atomic E-state index is 12.1. The topological polar surface area (TPSA) is 73.9 Å². The highest BCUT2D eigenvalue weighted by molar-refractivity contribution is 5.94. The minimum absolute atomic E-state index is 0.239. The lowest BCUT2D eigenvalue weighted by Gasteiger charge is -2.13. The molecule has 0 fully saturated rings. The van der Waals surface area contributed by atoms with Gasteiger partial charge in [0.2, 0.25) is 0 Å². The number of carbonyl (C=O) groups is 2. The number of nitrogens with one attached hydrogen (secondary N) is 1. The fraction of sp³-hybridized carbons (Fsp3) is 0.263. The summed E-state index contributed by atoms with van der Waals surface area (Å²) in [5.74, 6) is 0.0467. The summed E-state index contributed by atoms with van der Waals surface area (Å²) in [6.07, 6.45) is 0. The van der Waals surface area contributed by atoms with Crippen molar-refractivity contribution in [2.24, 2.45) is 0 Å². The summed E-state index contributed by atoms with van der Waals surface area (Å²) in [6.45, 7) is 4.12. The molecule has 0 aromatic heterocycles. The van der Waals surface area contributed by atoms with Gasteiger partial charge in [-0.25, -0.2) is 4.79 Å². The number of hydrogen-bond acceptors (Lipinski definition) is 5. The molecule has 0 radical (unpaired) electrons. The van der Waals surface area contributed by atoms with E-state index in [1.807, 2.05) is 13.0 Å². The second-order valence-corrected chi connectivity index (χ2v) is 4.98. The molecule has 1 amide bonds. The number of rotatable bonds is 8. The van der Waals surface area contributed by atoms with Crippen molar-refractivity contribution in [2.45, 2.75) is 13.8 Å². The van der Waals surface area contributed by atoms with Crippen LogP contribution in [0, 0.1) is 0 Å². The predicted octanol–water partition coefficient (Wildman–Crippen LogP) is 3.28. The van der Waals surface area contributed by atoms with Crippen molar-refractivity contribution >= 4 is 17.6 Å². The van der Waals surface area contributed by atoms with Gasteiger partial charge in [-0.15, -0.1) is 0 Å². The van der Waals surface area contributed by atoms with E-state index in [0.29, 0.717) is 23.8 Å². The average molecular weight is 343 g/mol. The molecular formula is C19H21NO5. The molecule has 2 rings (SSSR count). The first kappa shape index (κ1) is 18.3. The lowest BCUT2D eigenvalue weighted by molar-refractivity contribution is -0.118. The van der Waals surface area contributed by atoms with Crippen molar-refractivity contribution < 1.29 is 23.8 Å². The van der Waals surface area contributed by atoms with Crippen LogP contribution >= 0.6 is 0 Å². The van der Waals surface area contributed by atoms with E-state index in [9.17, 15) is 9.59 Å². The van der Waals surface area contributed by atoms with Crippen molar-refractivity contribution in [3.05, 3.63) is 54.1 Å². The number of hydrogen-bond donors (Lipinski definition) is 1. The summed E-state index contributed by atoms with van der Waals surface area (Å²) < 4.78 is 15.9. The third kappa shape index (κ3) is 5.24. The molecule has 0 unspecified atom stereocenters. The summed E-state index contributed by atoms with van der Waals surface area (Å²) in [6, 6.07) is 13.8. The Bertz CT molecular complexity index is 729. The van der Waals surface area contributed by atoms with E-state index >= 15 is 0 Å². The molecule has 132 valence electrons. The van der Waals surface area contributed by atoms with Gasteiger partial charge in [-0.05, 0) is 38.1 Å². The summed E-state index contributed by atoms with van der Waals surface area (Å²) >= 11 is 0. The van der Waals surface area contributed by atoms with Crippen molar-refractivity contribution in [1.82, 2.24) is 0 Å². The molecular weight excluding hydrogens is 322 g/mol. The maximum Gasteiger partial charge on any atom is 0.341 e. The Kier molecular flexibility index (Phi) is 6.83. The third-order valence-corrected chi connectivity index (χ3v) is 3.20. The van der Waals surface area contributed by atoms with Gasteiger partial charge in [0.1, 0.15) is 17.1 Å². The van der Waals surface area contributed by atoms with Gasteiger partial charge in [0.05, 0.1) is 18.9 Å². The Morgan fingerprint density at radius 2 is 1.56 bits per heavy atom. The second kappa shape index (κ2) is 9.32. The zero-order valence-corrected chi connectivity index (χ0v) is 14.3. The van der Waals surface area contributed by atoms with Crippen LogP contribution in [0.5, 0.6) is 11.5 Å². The zero-order valence-electron chi connectivity index (χ0n) is 14.3. The van der Waals surface area contributed by atoms with E-state index in [1.54, 1.807) is 49.4 Å². The van der Waals surface area contributed by atoms with Gasteiger partial charge in [-0.3, -0.25) is 4.79 Å². The largest absolute Gasteiger partial charge is 0.492 e. The SMILES string of the molecule is CCOC(=O)c1ccccc1OCC(=O)Nc1ccccc1OCC. The summed E-state index contributed by atoms with van der Waals surface area (Å²) in [4.78, 5) is 24.0. The molecule has 6 heteroatoms. The molecule has 0 saturated heterocycles. The fourth-order valence-corrected chi connectivity index (χ4v) is 2.15. The van der Waals surface area contributed by atoms with Crippen molar-refractivity contribution in [3.63, 3.8) is 0 Å². The van der Waals surface area contributed by atoms with E-state index in [0.717, 1.165) is 0 Å². The molecule has 2 aromatic rings. The van der Waals surface area contributed by atoms with Gasteiger partial charge in [-0.2, -0.15) is 0 Å². The first-order valence-electron chi connectivity index (χ1n) is 8.06. The van der Waals surface area contributed by atoms with Gasteiger partial charge in [0.15, 0.2) is 6.61 Å². The molecule has 0 saturated carbocycles. The number of esters is 1. The molecule has 0 bridgehead atoms. The Labute approximate surface area is 146 Å². The van der Waals surface area contributed by atoms with Crippen molar-refractivity contribution in [1.29, 1.82) is 0 Å². The number of ether oxygens (including phenoxy) is 3. The quantitative estimate of drug-likeness (QED) is 0.745. The smallest absolute Gasteiger partial charge is 0.341 e. The summed E-state index contributed by atoms with van der Waals surface area (Å²) in [7, 11) is 0. The van der Waals surface area contributed by atoms with Crippen LogP contribution in [0.4, 0.5) is 5.69 Å². The van der Waals surface area contributed by atoms with Crippen LogP contribution in [0.15, 0.2) is 48.5 Å². The number of carbonyl (C=O) groups excluding carboxylic acids is 2. The number of benzene rings is 2. The Morgan fingerprint density at radius 1 is 0.880 bits per heavy atom. The molecule has 0 spiro atoms. The molecule has 25 heavy (non-hydrogen) atoms. The fourth-order valence-electron chi connectivity index (χ4n) is 2.15. The normalized spacial score (nSPS) is 10.0. The summed E-state index contributed by atoms with van der Waals surface area (Å²) in [5.41, 5.74) is 0.850. The van der Waals surface area contributed by atoms with Gasteiger partial charge in [0.25, 0.3) is 5.91 Å². The van der Waals surface area contributed by atoms with Crippen LogP contribution < -0.4 is 14.8 Å². The highest BCUT2D eigenvalue weighted by Gasteiger charge is 2.14. The number of anilines is 1. The molecule has 0 aliphatic rings. The van der Waals surface area contributed by atoms with E-state index in [4.69, 9.17) is 14.2 Å². The highest BCUT2D eigenvalue weighted by Crippen LogP contribution is 2.24. The molecule has 1 N–H and O–H groups in total. The Morgan fingerprint density at radius 3 is 2.28 bits per heavy atom. The average Bonchev–Trinajstić information content (AvgIpc) is 2.62. The monoisotopic (exact) mass is 343 g/mol. The number of amides is 1. The van der Waals surface area contributed by atoms with Gasteiger partial charge in [0, 0.05) is 0 Å². The third-order valence-electron chi connectivity index (χ3n) is 3.20. The van der Waals surface area contributed by atoms with Gasteiger partial charge >= 0.3 is 5.97 Å². The van der Waals surface area contributed by atoms with Crippen LogP contribution in [0.3, 0.4) is 0 Å². The van der Waals surface area contributed by atoms with E-state index in [-0.39, 0.29) is 24.7 Å². The predicted molar refractivity (Wildman–Crippen MR) is 94.1 cm³/mol. The minimum Gasteiger partial charge on any atom is -0.492 e. The van der Waals surface area contributed by atoms with Crippen LogP contribution in [0.1, 0.15) is 24.2 Å². The van der Waals surface area contributed by atoms with Crippen molar-refractivity contribution in [2.75, 3.05) is 25.1 Å². The second-order valence-electron chi connectivity index (χ2n) is 4.98. The Hall–Kier alpha value is -3.02. The first-order valence-corrected chi connectivity index (χ1v) is 8.06. The van der Waals surface area contributed by atoms with Crippen LogP contribution in [-0.2, 0) is 9.53 Å². The zero-order chi connectivity index (χ0) is 18.1. The molecule has 6 nitrogen and oxygen atoms in total. The first-order chi connectivity index (χ1) is 12.2. The van der Waals surface area contributed by atoms with E-state index < -0.39 is 5.97 Å². The van der Waals surface area contributed by atoms with Crippen LogP contribution in [0.25, 0.3) is 0 Å². The lowest BCUT2D eigenvalue weighted by atomic mass is 10.2. The molecule has 2 aromatic carbocycles. The molecule has 0 atom stereocenters. The minimum atomic E-state index is -0.486. The summed E-state index contributed by atoms with van der Waals surface area (Å²) in [5, 5.41) is 2.73. The lowest BCUT2D eigenvalue weighted by Crippen LogP contribution is -2.21. The van der Waals surface area contributed by atoms with Crippen LogP contribution in [0.2, 0.25) is 0 Å². The molecule has 0 heterocycles. The standard InChI is InChI=1S/C19H21NO5/c1-3-23-17-12-8-6-10-15(17)20-18(21)13-25-16-11-7-5-9-14(16)19(22)24-4-2/h5-12H,3-4,13H2,1-2H3,(H,20,21). The molecule has 0 aliphatic heterocycles. The number of para-hydroxylation sites is 3. The van der Waals surface area contributed by atoms with Gasteiger partial charge in [-0.1, -0.05) is 24.3 Å². The van der Waals surface area contributed by atoms with E-state index in [1.165, 1.54) is 0 Å². The van der Waals surface area contributed by atoms with Crippen LogP contribution in [-0.4, -0.2) is 31.7 Å². The molecule has 0 aliphatic carbocycles. The highest BCUT2D eigenvalue weighted by atomic mass is 16.5. The van der Waals surface area contributed by atoms with E-state index in [2.05, 4.69) is 5.32 Å².